The van der Waals surface area contributed by atoms with Gasteiger partial charge in [0.25, 0.3) is 10.0 Å². The van der Waals surface area contributed by atoms with E-state index >= 15 is 0 Å². The predicted octanol–water partition coefficient (Wildman–Crippen LogP) is 1.85. The van der Waals surface area contributed by atoms with E-state index in [0.29, 0.717) is 11.3 Å². The molecule has 1 atom stereocenters. The van der Waals surface area contributed by atoms with Crippen LogP contribution in [-0.2, 0) is 24.3 Å². The highest BCUT2D eigenvalue weighted by Gasteiger charge is 2.22. The Kier molecular flexibility index (Phi) is 7.97. The van der Waals surface area contributed by atoms with Crippen LogP contribution in [-0.4, -0.2) is 40.6 Å². The molecule has 2 N–H and O–H groups in total. The number of methoxy groups -OCH3 is 1. The number of esters is 1. The molecule has 0 saturated heterocycles. The van der Waals surface area contributed by atoms with Crippen LogP contribution in [0.5, 0.6) is 5.75 Å². The van der Waals surface area contributed by atoms with Gasteiger partial charge < -0.3 is 14.8 Å². The molecule has 1 unspecified atom stereocenters. The number of sulfonamides is 1. The van der Waals surface area contributed by atoms with E-state index in [1.54, 1.807) is 42.6 Å². The summed E-state index contributed by atoms with van der Waals surface area (Å²) in [6.07, 6.45) is -0.0928. The van der Waals surface area contributed by atoms with Crippen molar-refractivity contribution in [1.82, 2.24) is 10.0 Å². The molecule has 2 rings (SSSR count). The lowest BCUT2D eigenvalue weighted by Gasteiger charge is -2.19. The lowest BCUT2D eigenvalue weighted by molar-refractivity contribution is -0.143. The molecule has 0 bridgehead atoms. The van der Waals surface area contributed by atoms with E-state index in [1.165, 1.54) is 13.2 Å². The average Bonchev–Trinajstić information content (AvgIpc) is 3.22. The second-order valence-electron chi connectivity index (χ2n) is 5.66. The molecule has 0 aliphatic heterocycles. The van der Waals surface area contributed by atoms with Crippen LogP contribution in [0.2, 0.25) is 0 Å². The van der Waals surface area contributed by atoms with Crippen molar-refractivity contribution in [1.29, 1.82) is 0 Å². The molecule has 28 heavy (non-hydrogen) atoms. The number of carbonyl (C=O) groups excluding carboxylic acids is 2. The van der Waals surface area contributed by atoms with E-state index in [-0.39, 0.29) is 17.2 Å². The Morgan fingerprint density at radius 3 is 2.64 bits per heavy atom. The summed E-state index contributed by atoms with van der Waals surface area (Å²) in [4.78, 5) is 24.2. The first-order valence-electron chi connectivity index (χ1n) is 8.47. The highest BCUT2D eigenvalue weighted by molar-refractivity contribution is 7.91. The number of benzene rings is 1. The molecule has 1 aromatic heterocycles. The normalized spacial score (nSPS) is 12.2. The fraction of sp³-hybridized carbons (Fsp3) is 0.333. The Bertz CT molecular complexity index is 897. The summed E-state index contributed by atoms with van der Waals surface area (Å²) in [5.74, 6) is -0.481. The largest absolute Gasteiger partial charge is 0.497 e. The van der Waals surface area contributed by atoms with Gasteiger partial charge in [-0.1, -0.05) is 18.2 Å². The minimum absolute atomic E-state index is 0.0928. The fourth-order valence-corrected chi connectivity index (χ4v) is 4.41. The zero-order valence-electron chi connectivity index (χ0n) is 15.5. The Balaban J connectivity index is 2.08. The summed E-state index contributed by atoms with van der Waals surface area (Å²) in [5.41, 5.74) is 0.641. The number of carbonyl (C=O) groups is 2. The SMILES string of the molecule is CCOC(=O)CC(NC(=O)CNS(=O)(=O)c1cccs1)c1cccc(OC)c1. The van der Waals surface area contributed by atoms with Gasteiger partial charge in [0, 0.05) is 0 Å². The van der Waals surface area contributed by atoms with Crippen LogP contribution in [0.1, 0.15) is 24.9 Å². The van der Waals surface area contributed by atoms with Crippen LogP contribution >= 0.6 is 11.3 Å². The quantitative estimate of drug-likeness (QED) is 0.561. The molecule has 1 amide bonds. The van der Waals surface area contributed by atoms with Gasteiger partial charge in [-0.2, -0.15) is 0 Å². The highest BCUT2D eigenvalue weighted by Crippen LogP contribution is 2.22. The molecule has 0 radical (unpaired) electrons. The van der Waals surface area contributed by atoms with Crippen LogP contribution in [0.3, 0.4) is 0 Å². The summed E-state index contributed by atoms with van der Waals surface area (Å²) in [5, 5.41) is 4.30. The molecule has 8 nitrogen and oxygen atoms in total. The molecule has 0 aliphatic rings. The molecule has 2 aromatic rings. The molecule has 0 saturated carbocycles. The van der Waals surface area contributed by atoms with Gasteiger partial charge in [-0.3, -0.25) is 9.59 Å². The second kappa shape index (κ2) is 10.2. The fourth-order valence-electron chi connectivity index (χ4n) is 2.39. The van der Waals surface area contributed by atoms with Gasteiger partial charge in [0.2, 0.25) is 5.91 Å². The Hall–Kier alpha value is -2.43. The maximum atomic E-state index is 12.3. The molecular formula is C18H22N2O6S2. The number of thiophene rings is 1. The maximum Gasteiger partial charge on any atom is 0.308 e. The van der Waals surface area contributed by atoms with Gasteiger partial charge >= 0.3 is 5.97 Å². The summed E-state index contributed by atoms with van der Waals surface area (Å²) >= 11 is 1.05. The number of rotatable bonds is 10. The van der Waals surface area contributed by atoms with E-state index in [4.69, 9.17) is 9.47 Å². The van der Waals surface area contributed by atoms with Gasteiger partial charge in [-0.15, -0.1) is 11.3 Å². The summed E-state index contributed by atoms with van der Waals surface area (Å²) in [7, 11) is -2.25. The summed E-state index contributed by atoms with van der Waals surface area (Å²) in [6, 6.07) is 9.28. The van der Waals surface area contributed by atoms with E-state index in [9.17, 15) is 18.0 Å². The van der Waals surface area contributed by atoms with Crippen LogP contribution in [0.4, 0.5) is 0 Å². The van der Waals surface area contributed by atoms with Crippen molar-refractivity contribution in [3.8, 4) is 5.75 Å². The molecule has 0 fully saturated rings. The van der Waals surface area contributed by atoms with Crippen molar-refractivity contribution in [2.24, 2.45) is 0 Å². The van der Waals surface area contributed by atoms with Crippen molar-refractivity contribution < 1.29 is 27.5 Å². The van der Waals surface area contributed by atoms with Crippen LogP contribution in [0, 0.1) is 0 Å². The van der Waals surface area contributed by atoms with Gasteiger partial charge in [0.05, 0.1) is 32.7 Å². The van der Waals surface area contributed by atoms with E-state index < -0.39 is 34.5 Å². The zero-order chi connectivity index (χ0) is 20.6. The number of hydrogen-bond acceptors (Lipinski definition) is 7. The standard InChI is InChI=1S/C18H22N2O6S2/c1-3-26-17(22)11-15(13-6-4-7-14(10-13)25-2)20-16(21)12-19-28(23,24)18-8-5-9-27-18/h4-10,15,19H,3,11-12H2,1-2H3,(H,20,21). The van der Waals surface area contributed by atoms with Crippen molar-refractivity contribution in [2.45, 2.75) is 23.6 Å². The van der Waals surface area contributed by atoms with Crippen LogP contribution in [0.15, 0.2) is 46.0 Å². The maximum absolute atomic E-state index is 12.3. The Morgan fingerprint density at radius 1 is 1.21 bits per heavy atom. The zero-order valence-corrected chi connectivity index (χ0v) is 17.1. The van der Waals surface area contributed by atoms with Crippen molar-refractivity contribution in [3.63, 3.8) is 0 Å². The highest BCUT2D eigenvalue weighted by atomic mass is 32.2. The van der Waals surface area contributed by atoms with Crippen molar-refractivity contribution >= 4 is 33.2 Å². The smallest absolute Gasteiger partial charge is 0.308 e. The Morgan fingerprint density at radius 2 is 2.00 bits per heavy atom. The van der Waals surface area contributed by atoms with Crippen molar-refractivity contribution in [2.75, 3.05) is 20.3 Å². The first-order chi connectivity index (χ1) is 13.4. The summed E-state index contributed by atoms with van der Waals surface area (Å²) < 4.78 is 36.8. The van der Waals surface area contributed by atoms with E-state index in [0.717, 1.165) is 11.3 Å². The van der Waals surface area contributed by atoms with Crippen LogP contribution in [0.25, 0.3) is 0 Å². The lowest BCUT2D eigenvalue weighted by Crippen LogP contribution is -2.39. The molecule has 0 spiro atoms. The average molecular weight is 427 g/mol. The molecule has 1 heterocycles. The number of ether oxygens (including phenoxy) is 2. The van der Waals surface area contributed by atoms with Gasteiger partial charge in [-0.25, -0.2) is 13.1 Å². The van der Waals surface area contributed by atoms with E-state index in [2.05, 4.69) is 10.0 Å². The van der Waals surface area contributed by atoms with E-state index in [1.807, 2.05) is 0 Å². The number of hydrogen-bond donors (Lipinski definition) is 2. The molecule has 1 aromatic carbocycles. The minimum atomic E-state index is -3.76. The minimum Gasteiger partial charge on any atom is -0.497 e. The molecule has 0 aliphatic carbocycles. The molecule has 152 valence electrons. The Labute approximate surface area is 167 Å². The van der Waals surface area contributed by atoms with Gasteiger partial charge in [-0.05, 0) is 36.1 Å². The monoisotopic (exact) mass is 426 g/mol. The lowest BCUT2D eigenvalue weighted by atomic mass is 10.0. The number of amides is 1. The second-order valence-corrected chi connectivity index (χ2v) is 8.60. The van der Waals surface area contributed by atoms with Gasteiger partial charge in [0.15, 0.2) is 0 Å². The van der Waals surface area contributed by atoms with Gasteiger partial charge in [0.1, 0.15) is 9.96 Å². The predicted molar refractivity (Wildman–Crippen MR) is 105 cm³/mol. The third kappa shape index (κ3) is 6.32. The third-order valence-corrected chi connectivity index (χ3v) is 6.49. The third-order valence-electron chi connectivity index (χ3n) is 3.69. The molecule has 10 heteroatoms. The summed E-state index contributed by atoms with van der Waals surface area (Å²) in [6.45, 7) is 1.46. The number of nitrogens with one attached hydrogen (secondary N) is 2. The first-order valence-corrected chi connectivity index (χ1v) is 10.8. The molecular weight excluding hydrogens is 404 g/mol. The topological polar surface area (TPSA) is 111 Å². The van der Waals surface area contributed by atoms with Crippen LogP contribution < -0.4 is 14.8 Å². The first kappa shape index (κ1) is 21.9. The van der Waals surface area contributed by atoms with Crippen molar-refractivity contribution in [3.05, 3.63) is 47.3 Å².